The predicted octanol–water partition coefficient (Wildman–Crippen LogP) is 1.51. The molecular formula is C18H20N2O6S. The molecule has 0 unspecified atom stereocenters. The molecule has 1 amide bonds. The molecule has 0 atom stereocenters. The van der Waals surface area contributed by atoms with Gasteiger partial charge in [-0.3, -0.25) is 9.10 Å². The van der Waals surface area contributed by atoms with Gasteiger partial charge in [-0.2, -0.15) is 0 Å². The number of nitrogens with zero attached hydrogens (tertiary/aromatic N) is 1. The van der Waals surface area contributed by atoms with Crippen molar-refractivity contribution in [1.29, 1.82) is 0 Å². The van der Waals surface area contributed by atoms with Crippen molar-refractivity contribution < 1.29 is 27.4 Å². The van der Waals surface area contributed by atoms with E-state index in [-0.39, 0.29) is 19.9 Å². The number of carbonyl (C=O) groups excluding carboxylic acids is 1. The molecule has 0 saturated carbocycles. The second kappa shape index (κ2) is 7.75. The highest BCUT2D eigenvalue weighted by atomic mass is 32.2. The van der Waals surface area contributed by atoms with E-state index in [1.54, 1.807) is 37.4 Å². The third-order valence-corrected chi connectivity index (χ3v) is 5.12. The monoisotopic (exact) mass is 392 g/mol. The minimum atomic E-state index is -3.66. The van der Waals surface area contributed by atoms with Crippen LogP contribution in [0.25, 0.3) is 0 Å². The lowest BCUT2D eigenvalue weighted by molar-refractivity contribution is -0.119. The number of anilines is 1. The number of ether oxygens (including phenoxy) is 3. The van der Waals surface area contributed by atoms with E-state index >= 15 is 0 Å². The van der Waals surface area contributed by atoms with Gasteiger partial charge < -0.3 is 19.5 Å². The summed E-state index contributed by atoms with van der Waals surface area (Å²) >= 11 is 0. The number of fused-ring (bicyclic) bond motifs is 1. The first-order valence-electron chi connectivity index (χ1n) is 8.14. The summed E-state index contributed by atoms with van der Waals surface area (Å²) in [6, 6.07) is 12.0. The summed E-state index contributed by atoms with van der Waals surface area (Å²) in [6.07, 6.45) is 1.05. The van der Waals surface area contributed by atoms with Crippen molar-refractivity contribution >= 4 is 21.6 Å². The molecule has 0 saturated heterocycles. The first-order valence-corrected chi connectivity index (χ1v) is 9.98. The van der Waals surface area contributed by atoms with Gasteiger partial charge in [0.15, 0.2) is 11.5 Å². The maximum atomic E-state index is 12.3. The second-order valence-corrected chi connectivity index (χ2v) is 7.84. The van der Waals surface area contributed by atoms with Crippen LogP contribution in [0.15, 0.2) is 42.5 Å². The van der Waals surface area contributed by atoms with Crippen LogP contribution in [0, 0.1) is 0 Å². The van der Waals surface area contributed by atoms with Crippen LogP contribution in [0.5, 0.6) is 17.2 Å². The second-order valence-electron chi connectivity index (χ2n) is 5.93. The zero-order valence-electron chi connectivity index (χ0n) is 15.0. The Bertz CT molecular complexity index is 927. The Morgan fingerprint density at radius 1 is 1.15 bits per heavy atom. The average Bonchev–Trinajstić information content (AvgIpc) is 3.11. The van der Waals surface area contributed by atoms with Crippen LogP contribution >= 0.6 is 0 Å². The summed E-state index contributed by atoms with van der Waals surface area (Å²) in [5, 5.41) is 2.72. The maximum absolute atomic E-state index is 12.3. The van der Waals surface area contributed by atoms with Crippen molar-refractivity contribution in [1.82, 2.24) is 5.32 Å². The molecular weight excluding hydrogens is 372 g/mol. The summed E-state index contributed by atoms with van der Waals surface area (Å²) in [5.41, 5.74) is 1.21. The minimum absolute atomic E-state index is 0.0833. The first kappa shape index (κ1) is 18.8. The predicted molar refractivity (Wildman–Crippen MR) is 99.6 cm³/mol. The standard InChI is InChI=1S/C18H20N2O6S/c1-24-15-6-3-13(4-7-15)10-19-18(21)11-20(27(2,22)23)14-5-8-16-17(9-14)26-12-25-16/h3-9H,10-12H2,1-2H3,(H,19,21). The number of hydrogen-bond acceptors (Lipinski definition) is 6. The normalized spacial score (nSPS) is 12.5. The largest absolute Gasteiger partial charge is 0.497 e. The van der Waals surface area contributed by atoms with Gasteiger partial charge in [0.2, 0.25) is 22.7 Å². The fourth-order valence-corrected chi connectivity index (χ4v) is 3.42. The van der Waals surface area contributed by atoms with Crippen molar-refractivity contribution in [2.24, 2.45) is 0 Å². The molecule has 1 N–H and O–H groups in total. The molecule has 0 spiro atoms. The van der Waals surface area contributed by atoms with E-state index in [0.29, 0.717) is 17.2 Å². The van der Waals surface area contributed by atoms with Crippen molar-refractivity contribution in [3.63, 3.8) is 0 Å². The van der Waals surface area contributed by atoms with Crippen LogP contribution < -0.4 is 23.8 Å². The molecule has 3 rings (SSSR count). The third-order valence-electron chi connectivity index (χ3n) is 3.98. The molecule has 0 radical (unpaired) electrons. The Morgan fingerprint density at radius 3 is 2.52 bits per heavy atom. The van der Waals surface area contributed by atoms with Crippen LogP contribution in [0.4, 0.5) is 5.69 Å². The van der Waals surface area contributed by atoms with Crippen LogP contribution in [0.2, 0.25) is 0 Å². The molecule has 8 nitrogen and oxygen atoms in total. The highest BCUT2D eigenvalue weighted by Gasteiger charge is 2.23. The van der Waals surface area contributed by atoms with Gasteiger partial charge >= 0.3 is 0 Å². The Balaban J connectivity index is 1.68. The molecule has 0 aliphatic carbocycles. The highest BCUT2D eigenvalue weighted by molar-refractivity contribution is 7.92. The van der Waals surface area contributed by atoms with E-state index in [1.807, 2.05) is 12.1 Å². The van der Waals surface area contributed by atoms with E-state index in [2.05, 4.69) is 5.32 Å². The lowest BCUT2D eigenvalue weighted by Gasteiger charge is -2.22. The molecule has 0 aromatic heterocycles. The Labute approximate surface area is 157 Å². The van der Waals surface area contributed by atoms with Crippen molar-refractivity contribution in [3.8, 4) is 17.2 Å². The lowest BCUT2D eigenvalue weighted by atomic mass is 10.2. The molecule has 1 heterocycles. The van der Waals surface area contributed by atoms with E-state index in [1.165, 1.54) is 0 Å². The summed E-state index contributed by atoms with van der Waals surface area (Å²) in [7, 11) is -2.09. The summed E-state index contributed by atoms with van der Waals surface area (Å²) < 4.78 is 41.0. The topological polar surface area (TPSA) is 94.2 Å². The quantitative estimate of drug-likeness (QED) is 0.768. The average molecular weight is 392 g/mol. The molecule has 1 aliphatic heterocycles. The number of nitrogens with one attached hydrogen (secondary N) is 1. The van der Waals surface area contributed by atoms with Gasteiger partial charge in [0.1, 0.15) is 12.3 Å². The van der Waals surface area contributed by atoms with E-state index in [9.17, 15) is 13.2 Å². The van der Waals surface area contributed by atoms with E-state index in [4.69, 9.17) is 14.2 Å². The van der Waals surface area contributed by atoms with Crippen molar-refractivity contribution in [3.05, 3.63) is 48.0 Å². The Kier molecular flexibility index (Phi) is 5.41. The smallest absolute Gasteiger partial charge is 0.241 e. The van der Waals surface area contributed by atoms with Gasteiger partial charge in [0.05, 0.1) is 19.1 Å². The van der Waals surface area contributed by atoms with Crippen LogP contribution in [-0.2, 0) is 21.4 Å². The number of carbonyl (C=O) groups is 1. The number of amides is 1. The van der Waals surface area contributed by atoms with Crippen LogP contribution in [0.3, 0.4) is 0 Å². The Hall–Kier alpha value is -2.94. The molecule has 1 aliphatic rings. The molecule has 2 aromatic rings. The molecule has 2 aromatic carbocycles. The highest BCUT2D eigenvalue weighted by Crippen LogP contribution is 2.36. The van der Waals surface area contributed by atoms with Crippen LogP contribution in [0.1, 0.15) is 5.56 Å². The maximum Gasteiger partial charge on any atom is 0.241 e. The molecule has 144 valence electrons. The molecule has 27 heavy (non-hydrogen) atoms. The SMILES string of the molecule is COc1ccc(CNC(=O)CN(c2ccc3c(c2)OCO3)S(C)(=O)=O)cc1. The number of methoxy groups -OCH3 is 1. The van der Waals surface area contributed by atoms with Crippen molar-refractivity contribution in [2.75, 3.05) is 31.0 Å². The van der Waals surface area contributed by atoms with Gasteiger partial charge in [-0.25, -0.2) is 8.42 Å². The number of benzene rings is 2. The van der Waals surface area contributed by atoms with E-state index < -0.39 is 15.9 Å². The van der Waals surface area contributed by atoms with Gasteiger partial charge in [0.25, 0.3) is 0 Å². The summed E-state index contributed by atoms with van der Waals surface area (Å²) in [6.45, 7) is 0.0240. The molecule has 0 fully saturated rings. The molecule has 9 heteroatoms. The Morgan fingerprint density at radius 2 is 1.85 bits per heavy atom. The first-order chi connectivity index (χ1) is 12.9. The summed E-state index contributed by atoms with van der Waals surface area (Å²) in [4.78, 5) is 12.3. The third kappa shape index (κ3) is 4.62. The molecule has 0 bridgehead atoms. The van der Waals surface area contributed by atoms with Gasteiger partial charge in [0, 0.05) is 12.6 Å². The van der Waals surface area contributed by atoms with Gasteiger partial charge in [-0.05, 0) is 29.8 Å². The number of sulfonamides is 1. The van der Waals surface area contributed by atoms with Gasteiger partial charge in [-0.15, -0.1) is 0 Å². The van der Waals surface area contributed by atoms with E-state index in [0.717, 1.165) is 21.9 Å². The zero-order chi connectivity index (χ0) is 19.4. The number of hydrogen-bond donors (Lipinski definition) is 1. The van der Waals surface area contributed by atoms with Gasteiger partial charge in [-0.1, -0.05) is 12.1 Å². The van der Waals surface area contributed by atoms with Crippen LogP contribution in [-0.4, -0.2) is 41.0 Å². The fraction of sp³-hybridized carbons (Fsp3) is 0.278. The fourth-order valence-electron chi connectivity index (χ4n) is 2.57. The van der Waals surface area contributed by atoms with Crippen molar-refractivity contribution in [2.45, 2.75) is 6.54 Å². The zero-order valence-corrected chi connectivity index (χ0v) is 15.8. The summed E-state index contributed by atoms with van der Waals surface area (Å²) in [5.74, 6) is 1.28. The minimum Gasteiger partial charge on any atom is -0.497 e. The number of rotatable bonds is 7. The lowest BCUT2D eigenvalue weighted by Crippen LogP contribution is -2.40.